The van der Waals surface area contributed by atoms with Crippen molar-refractivity contribution in [3.05, 3.63) is 48.5 Å². The molecule has 3 N–H and O–H groups in total. The van der Waals surface area contributed by atoms with Gasteiger partial charge in [-0.1, -0.05) is 12.1 Å². The molecule has 30 heavy (non-hydrogen) atoms. The first-order chi connectivity index (χ1) is 14.3. The molecule has 2 aromatic carbocycles. The van der Waals surface area contributed by atoms with E-state index < -0.39 is 30.0 Å². The van der Waals surface area contributed by atoms with E-state index in [1.165, 1.54) is 13.8 Å². The van der Waals surface area contributed by atoms with Crippen molar-refractivity contribution in [2.45, 2.75) is 32.5 Å². The zero-order valence-electron chi connectivity index (χ0n) is 16.4. The Morgan fingerprint density at radius 2 is 1.70 bits per heavy atom. The molecule has 2 atom stereocenters. The summed E-state index contributed by atoms with van der Waals surface area (Å²) in [6.45, 7) is 2.82. The summed E-state index contributed by atoms with van der Waals surface area (Å²) in [6.07, 6.45) is -2.45. The fraction of sp³-hybridized carbons (Fsp3) is 0.238. The highest BCUT2D eigenvalue weighted by Gasteiger charge is 2.31. The molecule has 0 radical (unpaired) electrons. The zero-order valence-corrected chi connectivity index (χ0v) is 16.4. The van der Waals surface area contributed by atoms with Crippen LogP contribution >= 0.6 is 0 Å². The molecule has 2 aromatic rings. The van der Waals surface area contributed by atoms with Crippen LogP contribution in [0, 0.1) is 0 Å². The van der Waals surface area contributed by atoms with Crippen molar-refractivity contribution >= 4 is 40.8 Å². The second kappa shape index (κ2) is 9.08. The van der Waals surface area contributed by atoms with Gasteiger partial charge in [0.25, 0.3) is 11.8 Å². The topological polar surface area (TPSA) is 123 Å². The van der Waals surface area contributed by atoms with Crippen LogP contribution in [0.25, 0.3) is 0 Å². The molecule has 0 spiro atoms. The van der Waals surface area contributed by atoms with Crippen LogP contribution in [-0.4, -0.2) is 35.9 Å². The largest absolute Gasteiger partial charge is 0.478 e. The number of nitrogens with one attached hydrogen (secondary N) is 3. The minimum atomic E-state index is -1.08. The van der Waals surface area contributed by atoms with Gasteiger partial charge >= 0.3 is 5.97 Å². The van der Waals surface area contributed by atoms with E-state index in [0.717, 1.165) is 0 Å². The van der Waals surface area contributed by atoms with E-state index in [9.17, 15) is 19.2 Å². The van der Waals surface area contributed by atoms with Crippen LogP contribution in [-0.2, 0) is 23.9 Å². The number of hydrogen-bond acceptors (Lipinski definition) is 6. The Morgan fingerprint density at radius 3 is 2.37 bits per heavy atom. The molecule has 0 saturated heterocycles. The number of benzene rings is 2. The molecule has 156 valence electrons. The second-order valence-electron chi connectivity index (χ2n) is 6.68. The van der Waals surface area contributed by atoms with E-state index in [4.69, 9.17) is 9.47 Å². The second-order valence-corrected chi connectivity index (χ2v) is 6.68. The van der Waals surface area contributed by atoms with Gasteiger partial charge in [-0.15, -0.1) is 0 Å². The van der Waals surface area contributed by atoms with Gasteiger partial charge in [0.2, 0.25) is 5.91 Å². The molecule has 9 heteroatoms. The summed E-state index contributed by atoms with van der Waals surface area (Å²) in [6, 6.07) is 13.3. The Balaban J connectivity index is 1.51. The average molecular weight is 411 g/mol. The van der Waals surface area contributed by atoms with Gasteiger partial charge in [0.1, 0.15) is 5.75 Å². The molecule has 9 nitrogen and oxygen atoms in total. The third kappa shape index (κ3) is 5.34. The fourth-order valence-corrected chi connectivity index (χ4v) is 2.76. The van der Waals surface area contributed by atoms with E-state index in [0.29, 0.717) is 22.8 Å². The Bertz CT molecular complexity index is 973. The highest BCUT2D eigenvalue weighted by Crippen LogP contribution is 2.29. The lowest BCUT2D eigenvalue weighted by molar-refractivity contribution is -0.155. The molecule has 0 aliphatic carbocycles. The SMILES string of the molecule is CC(=O)Nc1ccc(NC(=O)[C@H](C)OC(=O)C[C@H]2Oc3ccccc3NC2=O)cc1. The number of rotatable bonds is 6. The van der Waals surface area contributed by atoms with E-state index in [-0.39, 0.29) is 12.3 Å². The molecule has 0 fully saturated rings. The summed E-state index contributed by atoms with van der Waals surface area (Å²) in [4.78, 5) is 47.6. The number of ether oxygens (including phenoxy) is 2. The number of carbonyl (C=O) groups is 4. The van der Waals surface area contributed by atoms with Crippen molar-refractivity contribution < 1.29 is 28.7 Å². The number of esters is 1. The summed E-state index contributed by atoms with van der Waals surface area (Å²) in [7, 11) is 0. The van der Waals surface area contributed by atoms with Crippen molar-refractivity contribution in [3.63, 3.8) is 0 Å². The lowest BCUT2D eigenvalue weighted by Gasteiger charge is -2.25. The average Bonchev–Trinajstić information content (AvgIpc) is 2.69. The maximum Gasteiger partial charge on any atom is 0.310 e. The van der Waals surface area contributed by atoms with Crippen LogP contribution < -0.4 is 20.7 Å². The van der Waals surface area contributed by atoms with Crippen LogP contribution in [0.2, 0.25) is 0 Å². The molecule has 3 amide bonds. The van der Waals surface area contributed by atoms with Gasteiger partial charge in [-0.05, 0) is 43.3 Å². The highest BCUT2D eigenvalue weighted by molar-refractivity contribution is 6.00. The lowest BCUT2D eigenvalue weighted by atomic mass is 10.1. The van der Waals surface area contributed by atoms with Gasteiger partial charge in [-0.3, -0.25) is 19.2 Å². The number of anilines is 3. The molecule has 0 saturated carbocycles. The lowest BCUT2D eigenvalue weighted by Crippen LogP contribution is -2.40. The van der Waals surface area contributed by atoms with E-state index in [1.807, 2.05) is 0 Å². The quantitative estimate of drug-likeness (QED) is 0.627. The van der Waals surface area contributed by atoms with Gasteiger partial charge in [-0.2, -0.15) is 0 Å². The molecule has 0 bridgehead atoms. The van der Waals surface area contributed by atoms with Gasteiger partial charge in [0.05, 0.1) is 12.1 Å². The Labute approximate surface area is 172 Å². The summed E-state index contributed by atoms with van der Waals surface area (Å²) < 4.78 is 10.7. The number of carbonyl (C=O) groups excluding carboxylic acids is 4. The highest BCUT2D eigenvalue weighted by atomic mass is 16.6. The number of amides is 3. The third-order valence-electron chi connectivity index (χ3n) is 4.21. The van der Waals surface area contributed by atoms with Gasteiger partial charge in [-0.25, -0.2) is 0 Å². The summed E-state index contributed by atoms with van der Waals surface area (Å²) in [5.41, 5.74) is 1.60. The molecular weight excluding hydrogens is 390 g/mol. The molecule has 1 aliphatic heterocycles. The number of para-hydroxylation sites is 2. The third-order valence-corrected chi connectivity index (χ3v) is 4.21. The van der Waals surface area contributed by atoms with Crippen LogP contribution in [0.15, 0.2) is 48.5 Å². The van der Waals surface area contributed by atoms with Gasteiger partial charge in [0.15, 0.2) is 12.2 Å². The van der Waals surface area contributed by atoms with E-state index >= 15 is 0 Å². The fourth-order valence-electron chi connectivity index (χ4n) is 2.76. The van der Waals surface area contributed by atoms with Crippen molar-refractivity contribution in [2.24, 2.45) is 0 Å². The Morgan fingerprint density at radius 1 is 1.07 bits per heavy atom. The number of fused-ring (bicyclic) bond motifs is 1. The van der Waals surface area contributed by atoms with Crippen LogP contribution in [0.4, 0.5) is 17.1 Å². The van der Waals surface area contributed by atoms with Crippen molar-refractivity contribution in [1.82, 2.24) is 0 Å². The monoisotopic (exact) mass is 411 g/mol. The minimum Gasteiger partial charge on any atom is -0.478 e. The summed E-state index contributed by atoms with van der Waals surface area (Å²) in [5.74, 6) is -1.47. The van der Waals surface area contributed by atoms with Crippen LogP contribution in [0.3, 0.4) is 0 Å². The van der Waals surface area contributed by atoms with Crippen LogP contribution in [0.5, 0.6) is 5.75 Å². The van der Waals surface area contributed by atoms with E-state index in [1.54, 1.807) is 48.5 Å². The molecule has 0 aromatic heterocycles. The summed E-state index contributed by atoms with van der Waals surface area (Å²) in [5, 5.41) is 7.89. The van der Waals surface area contributed by atoms with Crippen molar-refractivity contribution in [3.8, 4) is 5.75 Å². The van der Waals surface area contributed by atoms with Gasteiger partial charge in [0, 0.05) is 18.3 Å². The predicted molar refractivity (Wildman–Crippen MR) is 109 cm³/mol. The molecule has 1 heterocycles. The predicted octanol–water partition coefficient (Wildman–Crippen LogP) is 2.31. The normalized spacial score (nSPS) is 15.7. The van der Waals surface area contributed by atoms with Gasteiger partial charge < -0.3 is 25.4 Å². The summed E-state index contributed by atoms with van der Waals surface area (Å²) >= 11 is 0. The maximum atomic E-state index is 12.3. The molecule has 1 aliphatic rings. The number of hydrogen-bond donors (Lipinski definition) is 3. The Hall–Kier alpha value is -3.88. The van der Waals surface area contributed by atoms with Crippen LogP contribution in [0.1, 0.15) is 20.3 Å². The van der Waals surface area contributed by atoms with Crippen molar-refractivity contribution in [2.75, 3.05) is 16.0 Å². The standard InChI is InChI=1S/C21H21N3O6/c1-12(20(27)23-15-9-7-14(8-10-15)22-13(2)25)29-19(26)11-18-21(28)24-16-5-3-4-6-17(16)30-18/h3-10,12,18H,11H2,1-2H3,(H,22,25)(H,23,27)(H,24,28)/t12-,18+/m0/s1. The maximum absolute atomic E-state index is 12.3. The smallest absolute Gasteiger partial charge is 0.310 e. The first-order valence-electron chi connectivity index (χ1n) is 9.26. The van der Waals surface area contributed by atoms with E-state index in [2.05, 4.69) is 16.0 Å². The first-order valence-corrected chi connectivity index (χ1v) is 9.26. The first kappa shape index (κ1) is 20.8. The molecule has 3 rings (SSSR count). The molecular formula is C21H21N3O6. The van der Waals surface area contributed by atoms with Crippen molar-refractivity contribution in [1.29, 1.82) is 0 Å². The minimum absolute atomic E-state index is 0.202. The molecule has 0 unspecified atom stereocenters. The Kier molecular flexibility index (Phi) is 6.31. The zero-order chi connectivity index (χ0) is 21.7.